The standard InChI is InChI=1S/C19H23FN2O2/c1-13(2)19(14-4-6-15(20)7-5-14)21-12-18(23)22-16-8-10-17(24-3)11-9-16/h4-11,13,19,21H,12H2,1-3H3,(H,22,23)/p+1/t19-/m0/s1. The SMILES string of the molecule is COc1ccc(NC(=O)C[NH2+][C@H](c2ccc(F)cc2)C(C)C)cc1. The topological polar surface area (TPSA) is 54.9 Å². The molecule has 0 spiro atoms. The van der Waals surface area contributed by atoms with Crippen molar-refractivity contribution in [2.45, 2.75) is 19.9 Å². The van der Waals surface area contributed by atoms with Crippen LogP contribution in [-0.4, -0.2) is 19.6 Å². The van der Waals surface area contributed by atoms with Crippen molar-refractivity contribution in [2.75, 3.05) is 19.0 Å². The Morgan fingerprint density at radius 1 is 1.12 bits per heavy atom. The van der Waals surface area contributed by atoms with E-state index in [0.29, 0.717) is 12.5 Å². The lowest BCUT2D eigenvalue weighted by Gasteiger charge is -2.19. The molecule has 24 heavy (non-hydrogen) atoms. The summed E-state index contributed by atoms with van der Waals surface area (Å²) in [5, 5.41) is 4.85. The number of benzene rings is 2. The first-order chi connectivity index (χ1) is 11.5. The minimum Gasteiger partial charge on any atom is -0.497 e. The molecule has 0 bridgehead atoms. The van der Waals surface area contributed by atoms with Crippen LogP contribution in [-0.2, 0) is 4.79 Å². The first-order valence-electron chi connectivity index (χ1n) is 8.02. The second-order valence-electron chi connectivity index (χ2n) is 6.04. The molecule has 0 aliphatic carbocycles. The third-order valence-electron chi connectivity index (χ3n) is 3.90. The number of carbonyl (C=O) groups excluding carboxylic acids is 1. The molecular formula is C19H24FN2O2+. The molecule has 0 heterocycles. The highest BCUT2D eigenvalue weighted by atomic mass is 19.1. The van der Waals surface area contributed by atoms with E-state index in [1.807, 2.05) is 5.32 Å². The van der Waals surface area contributed by atoms with Gasteiger partial charge >= 0.3 is 0 Å². The summed E-state index contributed by atoms with van der Waals surface area (Å²) in [5.41, 5.74) is 1.75. The number of anilines is 1. The lowest BCUT2D eigenvalue weighted by atomic mass is 9.96. The molecule has 0 aromatic heterocycles. The molecule has 128 valence electrons. The second kappa shape index (κ2) is 8.45. The van der Waals surface area contributed by atoms with Crippen LogP contribution < -0.4 is 15.4 Å². The van der Waals surface area contributed by atoms with Gasteiger partial charge in [0.15, 0.2) is 6.54 Å². The number of hydrogen-bond acceptors (Lipinski definition) is 2. The van der Waals surface area contributed by atoms with Crippen molar-refractivity contribution >= 4 is 11.6 Å². The van der Waals surface area contributed by atoms with E-state index >= 15 is 0 Å². The molecule has 2 rings (SSSR count). The van der Waals surface area contributed by atoms with Gasteiger partial charge in [0.2, 0.25) is 0 Å². The fourth-order valence-corrected chi connectivity index (χ4v) is 2.60. The van der Waals surface area contributed by atoms with Gasteiger partial charge in [0.05, 0.1) is 7.11 Å². The largest absolute Gasteiger partial charge is 0.497 e. The molecule has 0 aliphatic heterocycles. The fourth-order valence-electron chi connectivity index (χ4n) is 2.60. The van der Waals surface area contributed by atoms with Gasteiger partial charge in [-0.3, -0.25) is 4.79 Å². The Labute approximate surface area is 142 Å². The zero-order chi connectivity index (χ0) is 17.5. The van der Waals surface area contributed by atoms with E-state index in [0.717, 1.165) is 17.0 Å². The quantitative estimate of drug-likeness (QED) is 0.820. The number of ether oxygens (including phenoxy) is 1. The lowest BCUT2D eigenvalue weighted by molar-refractivity contribution is -0.692. The summed E-state index contributed by atoms with van der Waals surface area (Å²) in [6.07, 6.45) is 0. The minimum atomic E-state index is -0.251. The second-order valence-corrected chi connectivity index (χ2v) is 6.04. The van der Waals surface area contributed by atoms with Crippen molar-refractivity contribution in [1.82, 2.24) is 0 Å². The van der Waals surface area contributed by atoms with Crippen LogP contribution in [0.2, 0.25) is 0 Å². The average Bonchev–Trinajstić information content (AvgIpc) is 2.57. The van der Waals surface area contributed by atoms with Crippen LogP contribution in [0.5, 0.6) is 5.75 Å². The summed E-state index contributed by atoms with van der Waals surface area (Å²) in [5.74, 6) is 0.742. The number of rotatable bonds is 7. The van der Waals surface area contributed by atoms with Crippen molar-refractivity contribution in [1.29, 1.82) is 0 Å². The number of methoxy groups -OCH3 is 1. The van der Waals surface area contributed by atoms with E-state index in [1.54, 1.807) is 43.5 Å². The van der Waals surface area contributed by atoms with E-state index in [9.17, 15) is 9.18 Å². The molecule has 0 saturated heterocycles. The Morgan fingerprint density at radius 2 is 1.75 bits per heavy atom. The van der Waals surface area contributed by atoms with E-state index < -0.39 is 0 Å². The molecule has 0 fully saturated rings. The number of amides is 1. The summed E-state index contributed by atoms with van der Waals surface area (Å²) < 4.78 is 18.2. The zero-order valence-electron chi connectivity index (χ0n) is 14.3. The van der Waals surface area contributed by atoms with Gasteiger partial charge < -0.3 is 15.4 Å². The molecule has 0 saturated carbocycles. The number of nitrogens with two attached hydrogens (primary N) is 1. The van der Waals surface area contributed by atoms with E-state index in [-0.39, 0.29) is 17.8 Å². The number of carbonyl (C=O) groups is 1. The zero-order valence-corrected chi connectivity index (χ0v) is 14.3. The van der Waals surface area contributed by atoms with Gasteiger partial charge in [-0.1, -0.05) is 26.0 Å². The first kappa shape index (κ1) is 17.9. The molecule has 0 unspecified atom stereocenters. The van der Waals surface area contributed by atoms with Crippen LogP contribution in [0.15, 0.2) is 48.5 Å². The Morgan fingerprint density at radius 3 is 2.29 bits per heavy atom. The van der Waals surface area contributed by atoms with Gasteiger partial charge in [-0.2, -0.15) is 0 Å². The smallest absolute Gasteiger partial charge is 0.279 e. The molecule has 1 amide bonds. The van der Waals surface area contributed by atoms with E-state index in [2.05, 4.69) is 19.2 Å². The van der Waals surface area contributed by atoms with Crippen LogP contribution in [0.1, 0.15) is 25.5 Å². The average molecular weight is 331 g/mol. The van der Waals surface area contributed by atoms with Crippen molar-refractivity contribution in [3.63, 3.8) is 0 Å². The van der Waals surface area contributed by atoms with Gasteiger partial charge in [-0.25, -0.2) is 4.39 Å². The number of hydrogen-bond donors (Lipinski definition) is 2. The predicted molar refractivity (Wildman–Crippen MR) is 92.4 cm³/mol. The summed E-state index contributed by atoms with van der Waals surface area (Å²) in [7, 11) is 1.60. The Balaban J connectivity index is 1.93. The van der Waals surface area contributed by atoms with Gasteiger partial charge in [-0.05, 0) is 36.4 Å². The van der Waals surface area contributed by atoms with Crippen molar-refractivity contribution < 1.29 is 19.2 Å². The molecule has 4 nitrogen and oxygen atoms in total. The minimum absolute atomic E-state index is 0.0760. The summed E-state index contributed by atoms with van der Waals surface area (Å²) >= 11 is 0. The molecular weight excluding hydrogens is 307 g/mol. The number of nitrogens with one attached hydrogen (secondary N) is 1. The summed E-state index contributed by atoms with van der Waals surface area (Å²) in [6, 6.07) is 13.8. The van der Waals surface area contributed by atoms with Crippen LogP contribution in [0.4, 0.5) is 10.1 Å². The van der Waals surface area contributed by atoms with Crippen LogP contribution in [0, 0.1) is 11.7 Å². The van der Waals surface area contributed by atoms with Crippen LogP contribution in [0.25, 0.3) is 0 Å². The molecule has 2 aromatic rings. The maximum atomic E-state index is 13.1. The van der Waals surface area contributed by atoms with E-state index in [1.165, 1.54) is 12.1 Å². The Kier molecular flexibility index (Phi) is 6.32. The number of halogens is 1. The molecule has 0 radical (unpaired) electrons. The maximum absolute atomic E-state index is 13.1. The van der Waals surface area contributed by atoms with Gasteiger partial charge in [0.25, 0.3) is 5.91 Å². The molecule has 2 aromatic carbocycles. The van der Waals surface area contributed by atoms with Gasteiger partial charge in [-0.15, -0.1) is 0 Å². The summed E-state index contributed by atoms with van der Waals surface area (Å²) in [6.45, 7) is 4.48. The Hall–Kier alpha value is -2.40. The predicted octanol–water partition coefficient (Wildman–Crippen LogP) is 2.73. The first-order valence-corrected chi connectivity index (χ1v) is 8.02. The highest BCUT2D eigenvalue weighted by Crippen LogP contribution is 2.18. The highest BCUT2D eigenvalue weighted by molar-refractivity contribution is 5.91. The van der Waals surface area contributed by atoms with Gasteiger partial charge in [0.1, 0.15) is 17.6 Å². The van der Waals surface area contributed by atoms with Crippen molar-refractivity contribution in [2.24, 2.45) is 5.92 Å². The van der Waals surface area contributed by atoms with Gasteiger partial charge in [0, 0.05) is 17.2 Å². The molecule has 1 atom stereocenters. The molecule has 5 heteroatoms. The number of quaternary nitrogens is 1. The summed E-state index contributed by atoms with van der Waals surface area (Å²) in [4.78, 5) is 12.1. The monoisotopic (exact) mass is 331 g/mol. The fraction of sp³-hybridized carbons (Fsp3) is 0.316. The Bertz CT molecular complexity index is 654. The van der Waals surface area contributed by atoms with Crippen LogP contribution >= 0.6 is 0 Å². The lowest BCUT2D eigenvalue weighted by Crippen LogP contribution is -2.88. The van der Waals surface area contributed by atoms with E-state index in [4.69, 9.17) is 4.74 Å². The third-order valence-corrected chi connectivity index (χ3v) is 3.90. The molecule has 0 aliphatic rings. The normalized spacial score (nSPS) is 12.0. The third kappa shape index (κ3) is 5.06. The highest BCUT2D eigenvalue weighted by Gasteiger charge is 2.20. The molecule has 3 N–H and O–H groups in total. The maximum Gasteiger partial charge on any atom is 0.279 e. The van der Waals surface area contributed by atoms with Crippen molar-refractivity contribution in [3.05, 3.63) is 59.9 Å². The van der Waals surface area contributed by atoms with Crippen molar-refractivity contribution in [3.8, 4) is 5.75 Å². The van der Waals surface area contributed by atoms with Crippen LogP contribution in [0.3, 0.4) is 0 Å².